The Hall–Kier alpha value is -0.0800. The molecule has 0 atom stereocenters. The highest BCUT2D eigenvalue weighted by molar-refractivity contribution is 4.92. The minimum absolute atomic E-state index is 0.625. The standard InChI is InChI=1S/C17H34N2/c1-4-8-17(9-11-18-12-10-17)14-19(16-5-6-16)13-7-15(2)3/h15-16,18H,4-14H2,1-3H3. The van der Waals surface area contributed by atoms with Crippen molar-refractivity contribution in [3.63, 3.8) is 0 Å². The van der Waals surface area contributed by atoms with Crippen molar-refractivity contribution in [3.8, 4) is 0 Å². The molecule has 0 amide bonds. The molecule has 0 bridgehead atoms. The fraction of sp³-hybridized carbons (Fsp3) is 1.00. The summed E-state index contributed by atoms with van der Waals surface area (Å²) >= 11 is 0. The molecule has 0 aromatic carbocycles. The number of nitrogens with zero attached hydrogens (tertiary/aromatic N) is 1. The van der Waals surface area contributed by atoms with Crippen LogP contribution in [0.25, 0.3) is 0 Å². The zero-order valence-electron chi connectivity index (χ0n) is 13.4. The van der Waals surface area contributed by atoms with Crippen LogP contribution in [0.2, 0.25) is 0 Å². The smallest absolute Gasteiger partial charge is 0.00966 e. The van der Waals surface area contributed by atoms with Crippen LogP contribution in [-0.2, 0) is 0 Å². The van der Waals surface area contributed by atoms with Crippen molar-refractivity contribution in [1.82, 2.24) is 10.2 Å². The quantitative estimate of drug-likeness (QED) is 0.721. The molecule has 0 spiro atoms. The Kier molecular flexibility index (Phi) is 5.70. The lowest BCUT2D eigenvalue weighted by molar-refractivity contribution is 0.0924. The second kappa shape index (κ2) is 7.08. The van der Waals surface area contributed by atoms with Crippen LogP contribution in [0.1, 0.15) is 65.7 Å². The highest BCUT2D eigenvalue weighted by Gasteiger charge is 2.37. The van der Waals surface area contributed by atoms with Gasteiger partial charge in [0.05, 0.1) is 0 Å². The molecular weight excluding hydrogens is 232 g/mol. The SMILES string of the molecule is CCCC1(CN(CCC(C)C)C2CC2)CCNCC1. The van der Waals surface area contributed by atoms with Crippen LogP contribution in [0.3, 0.4) is 0 Å². The van der Waals surface area contributed by atoms with E-state index in [0.717, 1.165) is 12.0 Å². The van der Waals surface area contributed by atoms with Gasteiger partial charge in [-0.1, -0.05) is 27.2 Å². The van der Waals surface area contributed by atoms with Gasteiger partial charge < -0.3 is 5.32 Å². The van der Waals surface area contributed by atoms with E-state index in [1.807, 2.05) is 0 Å². The van der Waals surface area contributed by atoms with Crippen molar-refractivity contribution in [3.05, 3.63) is 0 Å². The molecule has 1 aliphatic heterocycles. The molecule has 0 aromatic rings. The average Bonchev–Trinajstić information content (AvgIpc) is 3.20. The largest absolute Gasteiger partial charge is 0.317 e. The van der Waals surface area contributed by atoms with E-state index < -0.39 is 0 Å². The first-order valence-electron chi connectivity index (χ1n) is 8.60. The Bertz CT molecular complexity index is 246. The monoisotopic (exact) mass is 266 g/mol. The Morgan fingerprint density at radius 1 is 1.21 bits per heavy atom. The maximum absolute atomic E-state index is 3.55. The zero-order chi connectivity index (χ0) is 13.7. The van der Waals surface area contributed by atoms with Crippen molar-refractivity contribution < 1.29 is 0 Å². The van der Waals surface area contributed by atoms with Gasteiger partial charge >= 0.3 is 0 Å². The molecule has 2 fully saturated rings. The van der Waals surface area contributed by atoms with Crippen molar-refractivity contribution in [1.29, 1.82) is 0 Å². The van der Waals surface area contributed by atoms with Crippen molar-refractivity contribution in [2.45, 2.75) is 71.8 Å². The summed E-state index contributed by atoms with van der Waals surface area (Å²) < 4.78 is 0. The second-order valence-electron chi connectivity index (χ2n) is 7.38. The fourth-order valence-corrected chi connectivity index (χ4v) is 3.66. The molecule has 0 unspecified atom stereocenters. The van der Waals surface area contributed by atoms with Gasteiger partial charge in [0.25, 0.3) is 0 Å². The van der Waals surface area contributed by atoms with E-state index in [2.05, 4.69) is 31.0 Å². The maximum Gasteiger partial charge on any atom is 0.00966 e. The van der Waals surface area contributed by atoms with Gasteiger partial charge in [0.2, 0.25) is 0 Å². The van der Waals surface area contributed by atoms with E-state index in [9.17, 15) is 0 Å². The van der Waals surface area contributed by atoms with Crippen LogP contribution in [0, 0.1) is 11.3 Å². The molecular formula is C17H34N2. The molecule has 112 valence electrons. The molecule has 1 aliphatic carbocycles. The van der Waals surface area contributed by atoms with Crippen LogP contribution >= 0.6 is 0 Å². The molecule has 2 rings (SSSR count). The first kappa shape index (κ1) is 15.3. The predicted molar refractivity (Wildman–Crippen MR) is 83.5 cm³/mol. The Morgan fingerprint density at radius 3 is 2.42 bits per heavy atom. The number of hydrogen-bond donors (Lipinski definition) is 1. The summed E-state index contributed by atoms with van der Waals surface area (Å²) in [4.78, 5) is 2.85. The number of nitrogens with one attached hydrogen (secondary N) is 1. The topological polar surface area (TPSA) is 15.3 Å². The normalized spacial score (nSPS) is 23.2. The first-order chi connectivity index (χ1) is 9.15. The van der Waals surface area contributed by atoms with Gasteiger partial charge in [-0.05, 0) is 69.5 Å². The average molecular weight is 266 g/mol. The summed E-state index contributed by atoms with van der Waals surface area (Å²) in [7, 11) is 0. The molecule has 2 aliphatic rings. The van der Waals surface area contributed by atoms with E-state index in [1.54, 1.807) is 0 Å². The van der Waals surface area contributed by atoms with E-state index in [4.69, 9.17) is 0 Å². The molecule has 0 aromatic heterocycles. The lowest BCUT2D eigenvalue weighted by atomic mass is 9.75. The first-order valence-corrected chi connectivity index (χ1v) is 8.60. The van der Waals surface area contributed by atoms with Crippen LogP contribution in [0.4, 0.5) is 0 Å². The number of rotatable bonds is 8. The highest BCUT2D eigenvalue weighted by Crippen LogP contribution is 2.38. The molecule has 1 saturated carbocycles. The Balaban J connectivity index is 1.92. The summed E-state index contributed by atoms with van der Waals surface area (Å²) in [6, 6.07) is 0.933. The van der Waals surface area contributed by atoms with Crippen LogP contribution in [-0.4, -0.2) is 37.1 Å². The summed E-state index contributed by atoms with van der Waals surface area (Å²) in [6.45, 7) is 12.3. The predicted octanol–water partition coefficient (Wildman–Crippen LogP) is 3.67. The molecule has 19 heavy (non-hydrogen) atoms. The van der Waals surface area contributed by atoms with Gasteiger partial charge in [0, 0.05) is 12.6 Å². The van der Waals surface area contributed by atoms with E-state index >= 15 is 0 Å². The Morgan fingerprint density at radius 2 is 1.89 bits per heavy atom. The summed E-state index contributed by atoms with van der Waals surface area (Å²) in [5.41, 5.74) is 0.625. The van der Waals surface area contributed by atoms with E-state index in [0.29, 0.717) is 5.41 Å². The van der Waals surface area contributed by atoms with Gasteiger partial charge in [-0.15, -0.1) is 0 Å². The van der Waals surface area contributed by atoms with Gasteiger partial charge in [-0.25, -0.2) is 0 Å². The fourth-order valence-electron chi connectivity index (χ4n) is 3.66. The Labute approximate surface area is 120 Å². The van der Waals surface area contributed by atoms with Crippen molar-refractivity contribution >= 4 is 0 Å². The lowest BCUT2D eigenvalue weighted by Gasteiger charge is -2.42. The molecule has 1 saturated heterocycles. The zero-order valence-corrected chi connectivity index (χ0v) is 13.4. The summed E-state index contributed by atoms with van der Waals surface area (Å²) in [6.07, 6.45) is 9.85. The van der Waals surface area contributed by atoms with E-state index in [1.165, 1.54) is 71.1 Å². The summed E-state index contributed by atoms with van der Waals surface area (Å²) in [5.74, 6) is 0.844. The number of hydrogen-bond acceptors (Lipinski definition) is 2. The molecule has 1 N–H and O–H groups in total. The van der Waals surface area contributed by atoms with Crippen molar-refractivity contribution in [2.75, 3.05) is 26.2 Å². The maximum atomic E-state index is 3.55. The van der Waals surface area contributed by atoms with Gasteiger partial charge in [0.15, 0.2) is 0 Å². The van der Waals surface area contributed by atoms with Gasteiger partial charge in [-0.3, -0.25) is 4.90 Å². The minimum atomic E-state index is 0.625. The third-order valence-corrected chi connectivity index (χ3v) is 5.04. The molecule has 1 heterocycles. The van der Waals surface area contributed by atoms with Crippen LogP contribution in [0.15, 0.2) is 0 Å². The van der Waals surface area contributed by atoms with Crippen molar-refractivity contribution in [2.24, 2.45) is 11.3 Å². The van der Waals surface area contributed by atoms with Gasteiger partial charge in [0.1, 0.15) is 0 Å². The second-order valence-corrected chi connectivity index (χ2v) is 7.38. The molecule has 2 heteroatoms. The third-order valence-electron chi connectivity index (χ3n) is 5.04. The molecule has 0 radical (unpaired) electrons. The lowest BCUT2D eigenvalue weighted by Crippen LogP contribution is -2.45. The summed E-state index contributed by atoms with van der Waals surface area (Å²) in [5, 5.41) is 3.55. The van der Waals surface area contributed by atoms with E-state index in [-0.39, 0.29) is 0 Å². The van der Waals surface area contributed by atoms with Gasteiger partial charge in [-0.2, -0.15) is 0 Å². The minimum Gasteiger partial charge on any atom is -0.317 e. The third kappa shape index (κ3) is 4.75. The molecule has 2 nitrogen and oxygen atoms in total. The number of piperidine rings is 1. The van der Waals surface area contributed by atoms with Crippen LogP contribution in [0.5, 0.6) is 0 Å². The van der Waals surface area contributed by atoms with Crippen LogP contribution < -0.4 is 5.32 Å². The highest BCUT2D eigenvalue weighted by atomic mass is 15.2.